The van der Waals surface area contributed by atoms with Crippen LogP contribution in [0.15, 0.2) is 12.2 Å². The molecule has 1 atom stereocenters. The Morgan fingerprint density at radius 2 is 1.58 bits per heavy atom. The van der Waals surface area contributed by atoms with Crippen LogP contribution >= 0.6 is 0 Å². The molecule has 24 heavy (non-hydrogen) atoms. The lowest BCUT2D eigenvalue weighted by Gasteiger charge is -2.40. The summed E-state index contributed by atoms with van der Waals surface area (Å²) in [4.78, 5) is 10.8. The Kier molecular flexibility index (Phi) is 13.9. The molecule has 0 heterocycles. The molecule has 0 aliphatic rings. The van der Waals surface area contributed by atoms with E-state index in [1.165, 1.54) is 0 Å². The van der Waals surface area contributed by atoms with Crippen LogP contribution in [0, 0.1) is 0 Å². The highest BCUT2D eigenvalue weighted by molar-refractivity contribution is 5.64. The van der Waals surface area contributed by atoms with Crippen LogP contribution in [0.3, 0.4) is 0 Å². The molecule has 0 spiro atoms. The quantitative estimate of drug-likeness (QED) is 0.347. The molecule has 0 radical (unpaired) electrons. The molecule has 1 N–H and O–H groups in total. The molecular weight excluding hydrogens is 302 g/mol. The van der Waals surface area contributed by atoms with Gasteiger partial charge >= 0.3 is 0 Å². The first-order valence-corrected chi connectivity index (χ1v) is 9.87. The molecule has 0 bridgehead atoms. The van der Waals surface area contributed by atoms with Crippen molar-refractivity contribution in [2.24, 2.45) is 0 Å². The van der Waals surface area contributed by atoms with Crippen molar-refractivity contribution in [2.75, 3.05) is 26.2 Å². The SMILES string of the molecule is CCC/C=C/CC(O)C[N+](CCCC)(CCCC)CCCC(=O)[O-]. The van der Waals surface area contributed by atoms with Crippen LogP contribution in [0.1, 0.15) is 78.6 Å². The van der Waals surface area contributed by atoms with E-state index in [9.17, 15) is 15.0 Å². The number of carboxylic acids is 1. The van der Waals surface area contributed by atoms with Crippen LogP contribution in [0.5, 0.6) is 0 Å². The molecule has 0 amide bonds. The number of rotatable bonds is 16. The zero-order valence-electron chi connectivity index (χ0n) is 16.1. The van der Waals surface area contributed by atoms with Gasteiger partial charge in [0, 0.05) is 12.4 Å². The number of carbonyl (C=O) groups is 1. The average Bonchev–Trinajstić information content (AvgIpc) is 2.54. The van der Waals surface area contributed by atoms with E-state index in [1.54, 1.807) is 0 Å². The number of quaternary nitrogens is 1. The largest absolute Gasteiger partial charge is 0.550 e. The molecule has 0 fully saturated rings. The molecule has 0 aromatic heterocycles. The highest BCUT2D eigenvalue weighted by atomic mass is 16.4. The number of unbranched alkanes of at least 4 members (excludes halogenated alkanes) is 3. The van der Waals surface area contributed by atoms with Crippen LogP contribution in [0.25, 0.3) is 0 Å². The third kappa shape index (κ3) is 11.6. The van der Waals surface area contributed by atoms with E-state index in [0.29, 0.717) is 12.8 Å². The maximum Gasteiger partial charge on any atom is 0.106 e. The lowest BCUT2D eigenvalue weighted by Crippen LogP contribution is -2.54. The van der Waals surface area contributed by atoms with Gasteiger partial charge in [-0.1, -0.05) is 52.2 Å². The van der Waals surface area contributed by atoms with Gasteiger partial charge in [0.25, 0.3) is 0 Å². The van der Waals surface area contributed by atoms with E-state index in [4.69, 9.17) is 0 Å². The summed E-state index contributed by atoms with van der Waals surface area (Å²) in [6, 6.07) is 0. The van der Waals surface area contributed by atoms with Crippen molar-refractivity contribution in [1.29, 1.82) is 0 Å². The summed E-state index contributed by atoms with van der Waals surface area (Å²) in [5.74, 6) is -0.970. The Bertz CT molecular complexity index is 334. The number of hydrogen-bond donors (Lipinski definition) is 1. The van der Waals surface area contributed by atoms with Crippen molar-refractivity contribution >= 4 is 5.97 Å². The molecule has 0 saturated carbocycles. The van der Waals surface area contributed by atoms with Gasteiger partial charge in [0.1, 0.15) is 12.6 Å². The Labute approximate surface area is 149 Å². The van der Waals surface area contributed by atoms with Crippen molar-refractivity contribution in [3.8, 4) is 0 Å². The summed E-state index contributed by atoms with van der Waals surface area (Å²) in [6.45, 7) is 10.1. The van der Waals surface area contributed by atoms with Gasteiger partial charge in [-0.25, -0.2) is 0 Å². The minimum atomic E-state index is -0.970. The van der Waals surface area contributed by atoms with Gasteiger partial charge < -0.3 is 19.5 Å². The van der Waals surface area contributed by atoms with Crippen LogP contribution < -0.4 is 5.11 Å². The summed E-state index contributed by atoms with van der Waals surface area (Å²) in [5.41, 5.74) is 0. The standard InChI is InChI=1S/C20H39NO3/c1-4-7-10-11-13-19(22)18-21(15-8-5-2,16-9-6-3)17-12-14-20(23)24/h10-11,19,22H,4-9,12-18H2,1-3H3/b11-10+. The average molecular weight is 342 g/mol. The zero-order chi connectivity index (χ0) is 18.3. The van der Waals surface area contributed by atoms with Gasteiger partial charge in [0.05, 0.1) is 19.6 Å². The first-order valence-electron chi connectivity index (χ1n) is 9.87. The normalized spacial score (nSPS) is 13.5. The van der Waals surface area contributed by atoms with Crippen molar-refractivity contribution in [3.05, 3.63) is 12.2 Å². The van der Waals surface area contributed by atoms with Gasteiger partial charge in [-0.2, -0.15) is 0 Å². The molecule has 0 aliphatic carbocycles. The first kappa shape index (κ1) is 23.1. The fraction of sp³-hybridized carbons (Fsp3) is 0.850. The lowest BCUT2D eigenvalue weighted by molar-refractivity contribution is -0.931. The zero-order valence-corrected chi connectivity index (χ0v) is 16.1. The van der Waals surface area contributed by atoms with Crippen molar-refractivity contribution in [2.45, 2.75) is 84.7 Å². The monoisotopic (exact) mass is 341 g/mol. The number of aliphatic hydroxyl groups is 1. The Morgan fingerprint density at radius 1 is 1.00 bits per heavy atom. The molecule has 142 valence electrons. The summed E-state index contributed by atoms with van der Waals surface area (Å²) >= 11 is 0. The topological polar surface area (TPSA) is 60.4 Å². The number of aliphatic hydroxyl groups excluding tert-OH is 1. The minimum absolute atomic E-state index is 0.116. The number of hydrogen-bond acceptors (Lipinski definition) is 3. The van der Waals surface area contributed by atoms with Crippen LogP contribution in [-0.4, -0.2) is 47.8 Å². The molecule has 0 aromatic rings. The van der Waals surface area contributed by atoms with Crippen molar-refractivity contribution in [3.63, 3.8) is 0 Å². The smallest absolute Gasteiger partial charge is 0.106 e. The molecule has 0 rings (SSSR count). The fourth-order valence-corrected chi connectivity index (χ4v) is 3.21. The van der Waals surface area contributed by atoms with Crippen molar-refractivity contribution < 1.29 is 19.5 Å². The molecule has 0 saturated heterocycles. The number of aliphatic carboxylic acids is 1. The number of allylic oxidation sites excluding steroid dienone is 1. The first-order chi connectivity index (χ1) is 11.5. The van der Waals surface area contributed by atoms with Gasteiger partial charge in [-0.05, 0) is 32.1 Å². The Morgan fingerprint density at radius 3 is 2.08 bits per heavy atom. The predicted octanol–water partition coefficient (Wildman–Crippen LogP) is 3.04. The maximum atomic E-state index is 10.8. The van der Waals surface area contributed by atoms with Gasteiger partial charge in [0.15, 0.2) is 0 Å². The second-order valence-electron chi connectivity index (χ2n) is 7.03. The van der Waals surface area contributed by atoms with Crippen molar-refractivity contribution in [1.82, 2.24) is 0 Å². The van der Waals surface area contributed by atoms with E-state index in [0.717, 1.165) is 69.2 Å². The third-order valence-electron chi connectivity index (χ3n) is 4.61. The lowest BCUT2D eigenvalue weighted by atomic mass is 10.1. The molecule has 4 heteroatoms. The number of nitrogens with zero attached hydrogens (tertiary/aromatic N) is 1. The Hall–Kier alpha value is -0.870. The molecule has 0 aromatic carbocycles. The van der Waals surface area contributed by atoms with E-state index in [1.807, 2.05) is 0 Å². The maximum absolute atomic E-state index is 10.8. The molecule has 1 unspecified atom stereocenters. The van der Waals surface area contributed by atoms with Crippen LogP contribution in [0.4, 0.5) is 0 Å². The summed E-state index contributed by atoms with van der Waals surface area (Å²) in [6.07, 6.45) is 12.0. The van der Waals surface area contributed by atoms with E-state index in [2.05, 4.69) is 32.9 Å². The second-order valence-corrected chi connectivity index (χ2v) is 7.03. The van der Waals surface area contributed by atoms with Gasteiger partial charge in [-0.3, -0.25) is 0 Å². The van der Waals surface area contributed by atoms with Crippen LogP contribution in [0.2, 0.25) is 0 Å². The van der Waals surface area contributed by atoms with Gasteiger partial charge in [0.2, 0.25) is 0 Å². The molecule has 0 aliphatic heterocycles. The van der Waals surface area contributed by atoms with E-state index < -0.39 is 5.97 Å². The Balaban J connectivity index is 4.82. The number of carboxylic acid groups (broad SMARTS) is 1. The fourth-order valence-electron chi connectivity index (χ4n) is 3.21. The summed E-state index contributed by atoms with van der Waals surface area (Å²) < 4.78 is 0.845. The van der Waals surface area contributed by atoms with E-state index >= 15 is 0 Å². The highest BCUT2D eigenvalue weighted by Gasteiger charge is 2.28. The highest BCUT2D eigenvalue weighted by Crippen LogP contribution is 2.17. The number of carbonyl (C=O) groups excluding carboxylic acids is 1. The van der Waals surface area contributed by atoms with Crippen LogP contribution in [-0.2, 0) is 4.79 Å². The molecular formula is C20H39NO3. The summed E-state index contributed by atoms with van der Waals surface area (Å²) in [7, 11) is 0. The third-order valence-corrected chi connectivity index (χ3v) is 4.61. The molecule has 4 nitrogen and oxygen atoms in total. The summed E-state index contributed by atoms with van der Waals surface area (Å²) in [5, 5.41) is 21.3. The van der Waals surface area contributed by atoms with Gasteiger partial charge in [-0.15, -0.1) is 0 Å². The van der Waals surface area contributed by atoms with E-state index in [-0.39, 0.29) is 12.5 Å². The minimum Gasteiger partial charge on any atom is -0.550 e. The second kappa shape index (κ2) is 14.5. The predicted molar refractivity (Wildman–Crippen MR) is 98.5 cm³/mol.